The fourth-order valence-electron chi connectivity index (χ4n) is 2.94. The van der Waals surface area contributed by atoms with Gasteiger partial charge in [-0.25, -0.2) is 4.79 Å². The van der Waals surface area contributed by atoms with Crippen molar-refractivity contribution in [2.45, 2.75) is 52.4 Å². The molecule has 0 saturated carbocycles. The van der Waals surface area contributed by atoms with Gasteiger partial charge in [0.1, 0.15) is 5.82 Å². The van der Waals surface area contributed by atoms with Crippen molar-refractivity contribution in [1.29, 1.82) is 0 Å². The first-order valence-corrected chi connectivity index (χ1v) is 11.7. The van der Waals surface area contributed by atoms with Gasteiger partial charge in [0.2, 0.25) is 0 Å². The first-order chi connectivity index (χ1) is 14.0. The fourth-order valence-corrected chi connectivity index (χ4v) is 4.36. The second kappa shape index (κ2) is 12.2. The molecule has 29 heavy (non-hydrogen) atoms. The third-order valence-electron chi connectivity index (χ3n) is 4.43. The lowest BCUT2D eigenvalue weighted by atomic mass is 10.1. The molecule has 2 rings (SSSR count). The average Bonchev–Trinajstić information content (AvgIpc) is 2.70. The van der Waals surface area contributed by atoms with Crippen molar-refractivity contribution in [2.24, 2.45) is 5.92 Å². The van der Waals surface area contributed by atoms with Gasteiger partial charge in [-0.3, -0.25) is 9.13 Å². The second-order valence-electron chi connectivity index (χ2n) is 6.72. The summed E-state index contributed by atoms with van der Waals surface area (Å²) < 4.78 is 36.3. The van der Waals surface area contributed by atoms with Gasteiger partial charge in [0.15, 0.2) is 6.29 Å². The number of anilines is 1. The highest BCUT2D eigenvalue weighted by atomic mass is 31.2. The van der Waals surface area contributed by atoms with Gasteiger partial charge in [0.25, 0.3) is 0 Å². The molecule has 0 amide bonds. The van der Waals surface area contributed by atoms with Crippen LogP contribution in [0.15, 0.2) is 29.0 Å². The Morgan fingerprint density at radius 1 is 1.38 bits per heavy atom. The number of hydrogen-bond acceptors (Lipinski definition) is 8. The van der Waals surface area contributed by atoms with Crippen molar-refractivity contribution < 1.29 is 23.1 Å². The molecule has 2 atom stereocenters. The topological polar surface area (TPSA) is 115 Å². The van der Waals surface area contributed by atoms with Crippen molar-refractivity contribution in [2.75, 3.05) is 32.2 Å². The molecule has 0 bridgehead atoms. The Kier molecular flexibility index (Phi) is 10.0. The third kappa shape index (κ3) is 8.40. The van der Waals surface area contributed by atoms with Crippen molar-refractivity contribution in [1.82, 2.24) is 9.55 Å². The standard InChI is InChI=1S/C19H32N3O6P/c1-3-27-29(24,28-4-2)14-10-16(15-26-18-7-5-6-13-25-18)8-11-22-12-9-17(20)21-19(22)23/h9-10,12,14,16,18H,3-8,11,13,15H2,1-2H3,(H2,20,21,23)/b14-10+/t16-,18+/m1/s1. The van der Waals surface area contributed by atoms with Crippen LogP contribution < -0.4 is 11.4 Å². The van der Waals surface area contributed by atoms with E-state index in [9.17, 15) is 9.36 Å². The SMILES string of the molecule is CCOP(=O)(/C=C/[C@@H](CCn1ccc(N)nc1=O)CO[C@H]1CCCCO1)OCC. The minimum atomic E-state index is -3.31. The van der Waals surface area contributed by atoms with Gasteiger partial charge in [-0.1, -0.05) is 6.08 Å². The molecule has 9 nitrogen and oxygen atoms in total. The molecule has 1 aliphatic heterocycles. The van der Waals surface area contributed by atoms with E-state index in [2.05, 4.69) is 4.98 Å². The van der Waals surface area contributed by atoms with Crippen molar-refractivity contribution in [3.63, 3.8) is 0 Å². The molecule has 0 radical (unpaired) electrons. The summed E-state index contributed by atoms with van der Waals surface area (Å²) in [6.45, 7) is 5.58. The number of nitrogen functional groups attached to an aromatic ring is 1. The molecule has 2 N–H and O–H groups in total. The second-order valence-corrected chi connectivity index (χ2v) is 8.62. The van der Waals surface area contributed by atoms with E-state index in [4.69, 9.17) is 24.3 Å². The lowest BCUT2D eigenvalue weighted by Gasteiger charge is -2.25. The molecule has 0 spiro atoms. The number of aromatic nitrogens is 2. The molecule has 1 saturated heterocycles. The number of nitrogens with zero attached hydrogens (tertiary/aromatic N) is 2. The van der Waals surface area contributed by atoms with Gasteiger partial charge in [-0.15, -0.1) is 0 Å². The highest BCUT2D eigenvalue weighted by Gasteiger charge is 2.21. The normalized spacial score (nSPS) is 18.9. The van der Waals surface area contributed by atoms with Crippen LogP contribution in [0, 0.1) is 5.92 Å². The molecule has 0 unspecified atom stereocenters. The van der Waals surface area contributed by atoms with E-state index < -0.39 is 13.3 Å². The van der Waals surface area contributed by atoms with Crippen LogP contribution in [-0.2, 0) is 29.6 Å². The molecule has 1 aromatic rings. The Balaban J connectivity index is 2.05. The van der Waals surface area contributed by atoms with Crippen LogP contribution in [0.5, 0.6) is 0 Å². The first kappa shape index (κ1) is 23.8. The number of ether oxygens (including phenoxy) is 2. The van der Waals surface area contributed by atoms with Crippen LogP contribution in [0.2, 0.25) is 0 Å². The highest BCUT2D eigenvalue weighted by Crippen LogP contribution is 2.49. The summed E-state index contributed by atoms with van der Waals surface area (Å²) in [7, 11) is -3.31. The first-order valence-electron chi connectivity index (χ1n) is 10.1. The van der Waals surface area contributed by atoms with Gasteiger partial charge >= 0.3 is 13.3 Å². The van der Waals surface area contributed by atoms with Gasteiger partial charge in [-0.2, -0.15) is 4.98 Å². The van der Waals surface area contributed by atoms with E-state index in [-0.39, 0.29) is 31.2 Å². The van der Waals surface area contributed by atoms with Crippen LogP contribution in [0.4, 0.5) is 5.82 Å². The van der Waals surface area contributed by atoms with E-state index in [0.29, 0.717) is 26.2 Å². The van der Waals surface area contributed by atoms with Gasteiger partial charge in [0, 0.05) is 31.1 Å². The van der Waals surface area contributed by atoms with Gasteiger partial charge in [0.05, 0.1) is 19.8 Å². The van der Waals surface area contributed by atoms with Crippen molar-refractivity contribution >= 4 is 13.4 Å². The predicted octanol–water partition coefficient (Wildman–Crippen LogP) is 3.15. The maximum absolute atomic E-state index is 12.7. The quantitative estimate of drug-likeness (QED) is 0.504. The Hall–Kier alpha value is -1.51. The Morgan fingerprint density at radius 3 is 2.76 bits per heavy atom. The van der Waals surface area contributed by atoms with Crippen LogP contribution in [0.3, 0.4) is 0 Å². The van der Waals surface area contributed by atoms with E-state index >= 15 is 0 Å². The van der Waals surface area contributed by atoms with E-state index in [1.54, 1.807) is 32.2 Å². The summed E-state index contributed by atoms with van der Waals surface area (Å²) in [5.41, 5.74) is 5.13. The van der Waals surface area contributed by atoms with Crippen LogP contribution in [0.25, 0.3) is 0 Å². The third-order valence-corrected chi connectivity index (χ3v) is 6.20. The van der Waals surface area contributed by atoms with E-state index in [0.717, 1.165) is 19.3 Å². The monoisotopic (exact) mass is 429 g/mol. The van der Waals surface area contributed by atoms with Gasteiger partial charge < -0.3 is 24.3 Å². The summed E-state index contributed by atoms with van der Waals surface area (Å²) >= 11 is 0. The van der Waals surface area contributed by atoms with Crippen molar-refractivity contribution in [3.05, 3.63) is 34.6 Å². The molecule has 2 heterocycles. The molecular weight excluding hydrogens is 397 g/mol. The molecule has 1 aromatic heterocycles. The molecule has 1 aliphatic rings. The van der Waals surface area contributed by atoms with Crippen LogP contribution in [0.1, 0.15) is 39.5 Å². The summed E-state index contributed by atoms with van der Waals surface area (Å²) in [6.07, 6.45) is 6.71. The smallest absolute Gasteiger partial charge is 0.353 e. The highest BCUT2D eigenvalue weighted by molar-refractivity contribution is 7.57. The minimum absolute atomic E-state index is 0.112. The minimum Gasteiger partial charge on any atom is -0.383 e. The Bertz CT molecular complexity index is 738. The predicted molar refractivity (Wildman–Crippen MR) is 111 cm³/mol. The molecule has 0 aromatic carbocycles. The number of rotatable bonds is 12. The zero-order chi connectivity index (χ0) is 21.1. The summed E-state index contributed by atoms with van der Waals surface area (Å²) in [6, 6.07) is 1.58. The number of aryl methyl sites for hydroxylation is 1. The van der Waals surface area contributed by atoms with Gasteiger partial charge in [-0.05, 0) is 45.6 Å². The Labute approximate surface area is 171 Å². The molecular formula is C19H32N3O6P. The molecule has 1 fully saturated rings. The molecule has 10 heteroatoms. The largest absolute Gasteiger partial charge is 0.383 e. The van der Waals surface area contributed by atoms with Crippen LogP contribution in [-0.4, -0.2) is 42.3 Å². The lowest BCUT2D eigenvalue weighted by Crippen LogP contribution is -2.27. The maximum atomic E-state index is 12.7. The summed E-state index contributed by atoms with van der Waals surface area (Å²) in [5.74, 6) is 1.56. The Morgan fingerprint density at radius 2 is 2.14 bits per heavy atom. The zero-order valence-electron chi connectivity index (χ0n) is 17.2. The molecule has 164 valence electrons. The lowest BCUT2D eigenvalue weighted by molar-refractivity contribution is -0.167. The molecule has 0 aliphatic carbocycles. The maximum Gasteiger partial charge on any atom is 0.353 e. The van der Waals surface area contributed by atoms with E-state index in [1.165, 1.54) is 10.4 Å². The van der Waals surface area contributed by atoms with Crippen molar-refractivity contribution in [3.8, 4) is 0 Å². The number of hydrogen-bond donors (Lipinski definition) is 1. The van der Waals surface area contributed by atoms with E-state index in [1.807, 2.05) is 0 Å². The van der Waals surface area contributed by atoms with Crippen LogP contribution >= 0.6 is 7.60 Å². The average molecular weight is 429 g/mol. The fraction of sp³-hybridized carbons (Fsp3) is 0.684. The number of nitrogens with two attached hydrogens (primary N) is 1. The summed E-state index contributed by atoms with van der Waals surface area (Å²) in [4.78, 5) is 15.7. The summed E-state index contributed by atoms with van der Waals surface area (Å²) in [5, 5.41) is 0. The zero-order valence-corrected chi connectivity index (χ0v) is 18.1.